The van der Waals surface area contributed by atoms with E-state index >= 15 is 0 Å². The van der Waals surface area contributed by atoms with Crippen molar-refractivity contribution in [2.75, 3.05) is 5.73 Å². The Morgan fingerprint density at radius 3 is 2.33 bits per heavy atom. The van der Waals surface area contributed by atoms with Gasteiger partial charge in [-0.15, -0.1) is 0 Å². The zero-order valence-electron chi connectivity index (χ0n) is 13.2. The summed E-state index contributed by atoms with van der Waals surface area (Å²) in [4.78, 5) is 0. The van der Waals surface area contributed by atoms with Crippen LogP contribution in [0, 0.1) is 10.8 Å². The summed E-state index contributed by atoms with van der Waals surface area (Å²) >= 11 is 6.15. The van der Waals surface area contributed by atoms with Crippen molar-refractivity contribution in [2.24, 2.45) is 17.9 Å². The first-order valence-corrected chi connectivity index (χ1v) is 7.64. The van der Waals surface area contributed by atoms with Gasteiger partial charge < -0.3 is 5.73 Å². The lowest BCUT2D eigenvalue weighted by molar-refractivity contribution is 0.457. The molecule has 0 saturated heterocycles. The number of aryl methyl sites for hydroxylation is 1. The Bertz CT molecular complexity index is 699. The Hall–Kier alpha value is -1.48. The minimum atomic E-state index is 0.223. The molecule has 2 N–H and O–H groups in total. The van der Waals surface area contributed by atoms with E-state index in [2.05, 4.69) is 27.7 Å². The Labute approximate surface area is 131 Å². The third kappa shape index (κ3) is 1.90. The lowest BCUT2D eigenvalue weighted by atomic mass is 9.99. The number of anilines is 1. The molecular formula is C17H22ClN3. The third-order valence-corrected chi connectivity index (χ3v) is 5.76. The molecule has 1 fully saturated rings. The van der Waals surface area contributed by atoms with Crippen LogP contribution in [0.2, 0.25) is 5.02 Å². The fourth-order valence-electron chi connectivity index (χ4n) is 3.58. The molecule has 1 heterocycles. The molecule has 2 aromatic rings. The van der Waals surface area contributed by atoms with Gasteiger partial charge in [0.05, 0.1) is 5.69 Å². The number of nitrogens with two attached hydrogens (primary N) is 1. The molecule has 0 unspecified atom stereocenters. The first-order chi connectivity index (χ1) is 9.68. The first-order valence-electron chi connectivity index (χ1n) is 7.26. The zero-order valence-corrected chi connectivity index (χ0v) is 14.0. The number of nitrogens with zero attached hydrogens (tertiary/aromatic N) is 2. The molecule has 112 valence electrons. The molecular weight excluding hydrogens is 282 g/mol. The maximum Gasteiger partial charge on any atom is 0.129 e. The van der Waals surface area contributed by atoms with Crippen LogP contribution in [0.25, 0.3) is 11.1 Å². The molecule has 1 aromatic heterocycles. The first kappa shape index (κ1) is 14.5. The quantitative estimate of drug-likeness (QED) is 0.889. The Kier molecular flexibility index (Phi) is 2.93. The van der Waals surface area contributed by atoms with Gasteiger partial charge in [-0.3, -0.25) is 4.68 Å². The van der Waals surface area contributed by atoms with E-state index in [0.29, 0.717) is 11.7 Å². The highest BCUT2D eigenvalue weighted by Crippen LogP contribution is 2.74. The van der Waals surface area contributed by atoms with Crippen LogP contribution in [0.5, 0.6) is 0 Å². The van der Waals surface area contributed by atoms with Gasteiger partial charge in [0.1, 0.15) is 5.82 Å². The van der Waals surface area contributed by atoms with Gasteiger partial charge in [-0.2, -0.15) is 5.10 Å². The number of hydrogen-bond acceptors (Lipinski definition) is 2. The van der Waals surface area contributed by atoms with E-state index in [0.717, 1.165) is 21.8 Å². The van der Waals surface area contributed by atoms with Gasteiger partial charge in [-0.05, 0) is 28.5 Å². The summed E-state index contributed by atoms with van der Waals surface area (Å²) in [6.45, 7) is 9.18. The summed E-state index contributed by atoms with van der Waals surface area (Å²) in [5, 5.41) is 5.44. The van der Waals surface area contributed by atoms with E-state index in [1.807, 2.05) is 31.3 Å². The largest absolute Gasteiger partial charge is 0.383 e. The second-order valence-corrected chi connectivity index (χ2v) is 7.59. The summed E-state index contributed by atoms with van der Waals surface area (Å²) in [6, 6.07) is 7.84. The van der Waals surface area contributed by atoms with E-state index in [-0.39, 0.29) is 10.8 Å². The minimum Gasteiger partial charge on any atom is -0.383 e. The van der Waals surface area contributed by atoms with Crippen molar-refractivity contribution in [1.29, 1.82) is 0 Å². The van der Waals surface area contributed by atoms with Gasteiger partial charge in [0, 0.05) is 23.6 Å². The molecule has 3 nitrogen and oxygen atoms in total. The fourth-order valence-corrected chi connectivity index (χ4v) is 3.77. The zero-order chi connectivity index (χ0) is 15.6. The number of halogens is 1. The van der Waals surface area contributed by atoms with Crippen molar-refractivity contribution in [3.63, 3.8) is 0 Å². The Morgan fingerprint density at radius 1 is 1.19 bits per heavy atom. The summed E-state index contributed by atoms with van der Waals surface area (Å²) in [5.74, 6) is 1.10. The van der Waals surface area contributed by atoms with Crippen LogP contribution in [-0.4, -0.2) is 9.78 Å². The SMILES string of the molecule is Cn1nc(C2C(C)(C)C2(C)C)c(-c2cccc(Cl)c2)c1N. The molecule has 0 radical (unpaired) electrons. The van der Waals surface area contributed by atoms with Crippen molar-refractivity contribution in [1.82, 2.24) is 9.78 Å². The van der Waals surface area contributed by atoms with Crippen LogP contribution in [0.15, 0.2) is 24.3 Å². The Morgan fingerprint density at radius 2 is 1.81 bits per heavy atom. The minimum absolute atomic E-state index is 0.223. The van der Waals surface area contributed by atoms with Crippen LogP contribution < -0.4 is 5.73 Å². The standard InChI is InChI=1S/C17H22ClN3/c1-16(2)14(17(16,3)4)13-12(15(19)21(5)20-13)10-7-6-8-11(18)9-10/h6-9,14H,19H2,1-5H3. The van der Waals surface area contributed by atoms with Crippen molar-refractivity contribution >= 4 is 17.4 Å². The predicted octanol–water partition coefficient (Wildman–Crippen LogP) is 4.47. The van der Waals surface area contributed by atoms with Gasteiger partial charge in [-0.25, -0.2) is 0 Å². The van der Waals surface area contributed by atoms with E-state index in [4.69, 9.17) is 22.4 Å². The number of aromatic nitrogens is 2. The number of nitrogen functional groups attached to an aromatic ring is 1. The summed E-state index contributed by atoms with van der Waals surface area (Å²) in [6.07, 6.45) is 0. The van der Waals surface area contributed by atoms with Crippen LogP contribution in [0.1, 0.15) is 39.3 Å². The van der Waals surface area contributed by atoms with Crippen molar-refractivity contribution in [3.05, 3.63) is 35.0 Å². The molecule has 0 spiro atoms. The second-order valence-electron chi connectivity index (χ2n) is 7.16. The van der Waals surface area contributed by atoms with Crippen LogP contribution in [0.3, 0.4) is 0 Å². The van der Waals surface area contributed by atoms with Crippen molar-refractivity contribution in [2.45, 2.75) is 33.6 Å². The highest BCUT2D eigenvalue weighted by atomic mass is 35.5. The predicted molar refractivity (Wildman–Crippen MR) is 88.4 cm³/mol. The van der Waals surface area contributed by atoms with Gasteiger partial charge in [0.2, 0.25) is 0 Å². The average Bonchev–Trinajstić information content (AvgIpc) is 2.61. The molecule has 0 atom stereocenters. The van der Waals surface area contributed by atoms with E-state index in [1.54, 1.807) is 4.68 Å². The highest BCUT2D eigenvalue weighted by molar-refractivity contribution is 6.30. The normalized spacial score (nSPS) is 19.7. The summed E-state index contributed by atoms with van der Waals surface area (Å²) in [5.41, 5.74) is 9.90. The summed E-state index contributed by atoms with van der Waals surface area (Å²) in [7, 11) is 1.90. The molecule has 4 heteroatoms. The van der Waals surface area contributed by atoms with Crippen LogP contribution >= 0.6 is 11.6 Å². The van der Waals surface area contributed by atoms with Crippen LogP contribution in [0.4, 0.5) is 5.82 Å². The van der Waals surface area contributed by atoms with Gasteiger partial charge in [0.25, 0.3) is 0 Å². The number of rotatable bonds is 2. The molecule has 0 amide bonds. The molecule has 1 aromatic carbocycles. The lowest BCUT2D eigenvalue weighted by Crippen LogP contribution is -1.98. The topological polar surface area (TPSA) is 43.8 Å². The van der Waals surface area contributed by atoms with E-state index in [9.17, 15) is 0 Å². The molecule has 1 saturated carbocycles. The third-order valence-electron chi connectivity index (χ3n) is 5.53. The smallest absolute Gasteiger partial charge is 0.129 e. The summed E-state index contributed by atoms with van der Waals surface area (Å²) < 4.78 is 1.77. The Balaban J connectivity index is 2.19. The van der Waals surface area contributed by atoms with Crippen molar-refractivity contribution in [3.8, 4) is 11.1 Å². The molecule has 1 aliphatic carbocycles. The number of benzene rings is 1. The molecule has 3 rings (SSSR count). The van der Waals surface area contributed by atoms with Gasteiger partial charge in [0.15, 0.2) is 0 Å². The highest BCUT2D eigenvalue weighted by Gasteiger charge is 2.66. The molecule has 0 aliphatic heterocycles. The van der Waals surface area contributed by atoms with E-state index in [1.165, 1.54) is 0 Å². The maximum absolute atomic E-state index is 6.29. The molecule has 0 bridgehead atoms. The van der Waals surface area contributed by atoms with Crippen molar-refractivity contribution < 1.29 is 0 Å². The maximum atomic E-state index is 6.29. The molecule has 21 heavy (non-hydrogen) atoms. The molecule has 1 aliphatic rings. The average molecular weight is 304 g/mol. The van der Waals surface area contributed by atoms with E-state index < -0.39 is 0 Å². The van der Waals surface area contributed by atoms with Gasteiger partial charge in [-0.1, -0.05) is 51.4 Å². The second kappa shape index (κ2) is 4.26. The number of hydrogen-bond donors (Lipinski definition) is 1. The van der Waals surface area contributed by atoms with Crippen LogP contribution in [-0.2, 0) is 7.05 Å². The lowest BCUT2D eigenvalue weighted by Gasteiger charge is -2.06. The fraction of sp³-hybridized carbons (Fsp3) is 0.471. The van der Waals surface area contributed by atoms with Gasteiger partial charge >= 0.3 is 0 Å². The monoisotopic (exact) mass is 303 g/mol.